The molecule has 0 aliphatic rings. The van der Waals surface area contributed by atoms with E-state index in [1.165, 1.54) is 43.6 Å². The van der Waals surface area contributed by atoms with Crippen LogP contribution in [0, 0.1) is 6.92 Å². The zero-order chi connectivity index (χ0) is 25.0. The van der Waals surface area contributed by atoms with Crippen molar-refractivity contribution in [1.82, 2.24) is 9.88 Å². The predicted octanol–water partition coefficient (Wildman–Crippen LogP) is -4.08. The topological polar surface area (TPSA) is 126 Å². The first-order chi connectivity index (χ1) is 16.0. The zero-order valence-corrected chi connectivity index (χ0v) is 24.3. The largest absolute Gasteiger partial charge is 1.00 e. The van der Waals surface area contributed by atoms with Crippen LogP contribution in [-0.2, 0) is 17.8 Å². The van der Waals surface area contributed by atoms with Crippen LogP contribution in [0.4, 0.5) is 19.3 Å². The van der Waals surface area contributed by atoms with Gasteiger partial charge < -0.3 is 30.2 Å². The SMILES string of the molecule is Cc1ccccc1C(F)(F)c1cccc([C@H](CC(=O)[O-])NC(=O)Nc2c([O-])ccn(C)c2=O)c1.[Na+].[Na+]. The summed E-state index contributed by atoms with van der Waals surface area (Å²) >= 11 is 0. The Morgan fingerprint density at radius 2 is 1.75 bits per heavy atom. The molecule has 3 rings (SSSR count). The number of rotatable bonds is 7. The van der Waals surface area contributed by atoms with Crippen LogP contribution in [0.2, 0.25) is 0 Å². The number of alkyl halides is 2. The van der Waals surface area contributed by atoms with Gasteiger partial charge in [0.15, 0.2) is 0 Å². The maximum Gasteiger partial charge on any atom is 1.00 e. The van der Waals surface area contributed by atoms with Gasteiger partial charge in [0, 0.05) is 36.8 Å². The van der Waals surface area contributed by atoms with Gasteiger partial charge in [-0.1, -0.05) is 54.3 Å². The van der Waals surface area contributed by atoms with Crippen LogP contribution in [-0.4, -0.2) is 16.6 Å². The normalized spacial score (nSPS) is 11.4. The molecule has 0 radical (unpaired) electrons. The Morgan fingerprint density at radius 3 is 2.39 bits per heavy atom. The standard InChI is InChI=1S/C24H23F2N3O5.2Na/c1-14-6-3-4-9-17(14)24(25,26)16-8-5-7-15(12-16)18(13-20(31)32)27-23(34)28-21-19(30)10-11-29(2)22(21)33;;/h3-12,18,30H,13H2,1-2H3,(H,31,32)(H2,27,28,34);;/q;2*+1/p-2/t18-;;/m0../s1. The second-order valence-corrected chi connectivity index (χ2v) is 7.71. The van der Waals surface area contributed by atoms with Gasteiger partial charge in [-0.2, -0.15) is 8.78 Å². The Bertz CT molecular complexity index is 1300. The van der Waals surface area contributed by atoms with E-state index < -0.39 is 52.9 Å². The van der Waals surface area contributed by atoms with E-state index in [1.54, 1.807) is 19.1 Å². The fourth-order valence-corrected chi connectivity index (χ4v) is 3.49. The number of urea groups is 1. The van der Waals surface area contributed by atoms with Gasteiger partial charge >= 0.3 is 65.1 Å². The van der Waals surface area contributed by atoms with Gasteiger partial charge in [-0.15, -0.1) is 0 Å². The number of carbonyl (C=O) groups excluding carboxylic acids is 2. The van der Waals surface area contributed by atoms with Gasteiger partial charge in [-0.25, -0.2) is 4.79 Å². The average Bonchev–Trinajstić information content (AvgIpc) is 2.79. The number of hydrogen-bond donors (Lipinski definition) is 2. The summed E-state index contributed by atoms with van der Waals surface area (Å²) in [5, 5.41) is 27.7. The molecule has 1 heterocycles. The van der Waals surface area contributed by atoms with Crippen LogP contribution in [0.5, 0.6) is 5.75 Å². The molecule has 2 N–H and O–H groups in total. The minimum absolute atomic E-state index is 0. The molecule has 3 aromatic rings. The summed E-state index contributed by atoms with van der Waals surface area (Å²) in [6.07, 6.45) is 0.497. The summed E-state index contributed by atoms with van der Waals surface area (Å²) < 4.78 is 31.5. The van der Waals surface area contributed by atoms with E-state index in [-0.39, 0.29) is 70.2 Å². The van der Waals surface area contributed by atoms with Gasteiger partial charge in [0.25, 0.3) is 11.5 Å². The summed E-state index contributed by atoms with van der Waals surface area (Å²) in [7, 11) is 1.38. The summed E-state index contributed by atoms with van der Waals surface area (Å²) in [4.78, 5) is 35.9. The van der Waals surface area contributed by atoms with Gasteiger partial charge in [-0.3, -0.25) is 4.79 Å². The summed E-state index contributed by atoms with van der Waals surface area (Å²) in [6, 6.07) is 9.72. The van der Waals surface area contributed by atoms with Gasteiger partial charge in [0.05, 0.1) is 6.04 Å². The van der Waals surface area contributed by atoms with Crippen LogP contribution >= 0.6 is 0 Å². The van der Waals surface area contributed by atoms with E-state index in [2.05, 4.69) is 10.6 Å². The second-order valence-electron chi connectivity index (χ2n) is 7.71. The average molecular weight is 515 g/mol. The number of hydrogen-bond acceptors (Lipinski definition) is 5. The number of carboxylic acids is 1. The summed E-state index contributed by atoms with van der Waals surface area (Å²) in [5.74, 6) is -5.67. The number of aryl methyl sites for hydroxylation is 2. The Hall–Kier alpha value is -2.21. The van der Waals surface area contributed by atoms with E-state index in [0.29, 0.717) is 5.56 Å². The first kappa shape index (κ1) is 31.8. The molecule has 0 unspecified atom stereocenters. The zero-order valence-electron chi connectivity index (χ0n) is 20.3. The molecule has 0 saturated heterocycles. The fourth-order valence-electron chi connectivity index (χ4n) is 3.49. The van der Waals surface area contributed by atoms with Crippen molar-refractivity contribution in [3.63, 3.8) is 0 Å². The Morgan fingerprint density at radius 1 is 1.08 bits per heavy atom. The number of nitrogens with zero attached hydrogens (tertiary/aromatic N) is 1. The first-order valence-corrected chi connectivity index (χ1v) is 10.2. The minimum Gasteiger partial charge on any atom is -0.871 e. The predicted molar refractivity (Wildman–Crippen MR) is 116 cm³/mol. The second kappa shape index (κ2) is 13.4. The molecule has 2 aromatic carbocycles. The van der Waals surface area contributed by atoms with Crippen molar-refractivity contribution in [1.29, 1.82) is 0 Å². The molecular formula is C24H21F2N3Na2O5. The summed E-state index contributed by atoms with van der Waals surface area (Å²) in [5.41, 5.74) is -1.46. The van der Waals surface area contributed by atoms with Gasteiger partial charge in [0.1, 0.15) is 5.69 Å². The molecule has 12 heteroatoms. The quantitative estimate of drug-likeness (QED) is 0.310. The molecule has 0 aliphatic heterocycles. The van der Waals surface area contributed by atoms with Crippen LogP contribution in [0.15, 0.2) is 65.6 Å². The Balaban J connectivity index is 0.00000324. The smallest absolute Gasteiger partial charge is 0.871 e. The Kier molecular flexibility index (Phi) is 11.8. The monoisotopic (exact) mass is 515 g/mol. The number of benzene rings is 2. The number of carbonyl (C=O) groups is 2. The van der Waals surface area contributed by atoms with Crippen molar-refractivity contribution in [2.24, 2.45) is 7.05 Å². The molecule has 2 amide bonds. The number of anilines is 1. The van der Waals surface area contributed by atoms with Crippen molar-refractivity contribution >= 4 is 17.7 Å². The minimum atomic E-state index is -3.39. The molecule has 1 atom stereocenters. The third-order valence-electron chi connectivity index (χ3n) is 5.28. The van der Waals surface area contributed by atoms with Crippen LogP contribution < -0.4 is 85.5 Å². The van der Waals surface area contributed by atoms with Gasteiger partial charge in [-0.05, 0) is 24.1 Å². The van der Waals surface area contributed by atoms with Crippen LogP contribution in [0.1, 0.15) is 34.7 Å². The molecular weight excluding hydrogens is 494 g/mol. The number of nitrogens with one attached hydrogen (secondary N) is 2. The number of halogens is 2. The van der Waals surface area contributed by atoms with Crippen molar-refractivity contribution < 1.29 is 87.7 Å². The first-order valence-electron chi connectivity index (χ1n) is 10.2. The maximum atomic E-state index is 15.2. The van der Waals surface area contributed by atoms with Crippen LogP contribution in [0.25, 0.3) is 0 Å². The van der Waals surface area contributed by atoms with E-state index in [9.17, 15) is 24.6 Å². The number of aromatic nitrogens is 1. The van der Waals surface area contributed by atoms with Crippen molar-refractivity contribution in [2.75, 3.05) is 5.32 Å². The molecule has 0 spiro atoms. The molecule has 178 valence electrons. The van der Waals surface area contributed by atoms with Crippen molar-refractivity contribution in [3.8, 4) is 5.75 Å². The van der Waals surface area contributed by atoms with E-state index >= 15 is 8.78 Å². The molecule has 0 bridgehead atoms. The third kappa shape index (κ3) is 7.41. The number of carboxylic acid groups (broad SMARTS) is 1. The van der Waals surface area contributed by atoms with Gasteiger partial charge in [0.2, 0.25) is 0 Å². The molecule has 0 saturated carbocycles. The van der Waals surface area contributed by atoms with E-state index in [4.69, 9.17) is 0 Å². The molecule has 1 aromatic heterocycles. The van der Waals surface area contributed by atoms with E-state index in [0.717, 1.165) is 16.7 Å². The summed E-state index contributed by atoms with van der Waals surface area (Å²) in [6.45, 7) is 1.55. The Labute approximate surface area is 250 Å². The van der Waals surface area contributed by atoms with E-state index in [1.807, 2.05) is 0 Å². The molecule has 36 heavy (non-hydrogen) atoms. The molecule has 0 fully saturated rings. The molecule has 8 nitrogen and oxygen atoms in total. The maximum absolute atomic E-state index is 15.2. The van der Waals surface area contributed by atoms with Crippen molar-refractivity contribution in [2.45, 2.75) is 25.3 Å². The van der Waals surface area contributed by atoms with Crippen LogP contribution in [0.3, 0.4) is 0 Å². The molecule has 0 aliphatic carbocycles. The number of amides is 2. The fraction of sp³-hybridized carbons (Fsp3) is 0.208. The number of pyridine rings is 1. The number of aliphatic carboxylic acids is 1. The third-order valence-corrected chi connectivity index (χ3v) is 5.28. The van der Waals surface area contributed by atoms with Crippen molar-refractivity contribution in [3.05, 3.63) is 93.4 Å².